The van der Waals surface area contributed by atoms with E-state index in [9.17, 15) is 13.2 Å². The van der Waals surface area contributed by atoms with Crippen LogP contribution in [0.3, 0.4) is 0 Å². The summed E-state index contributed by atoms with van der Waals surface area (Å²) in [4.78, 5) is 9.62. The molecule has 0 atom stereocenters. The second-order valence-corrected chi connectivity index (χ2v) is 3.53. The van der Waals surface area contributed by atoms with E-state index in [1.807, 2.05) is 11.4 Å². The number of carboxylic acids is 1. The van der Waals surface area contributed by atoms with Gasteiger partial charge in [0.05, 0.1) is 0 Å². The van der Waals surface area contributed by atoms with E-state index in [1.165, 1.54) is 11.3 Å². The number of hydrogen-bond donors (Lipinski definition) is 3. The van der Waals surface area contributed by atoms with E-state index in [4.69, 9.17) is 21.0 Å². The second kappa shape index (κ2) is 6.85. The lowest BCUT2D eigenvalue weighted by Gasteiger charge is -1.93. The van der Waals surface area contributed by atoms with Crippen LogP contribution in [0, 0.1) is 11.3 Å². The van der Waals surface area contributed by atoms with Gasteiger partial charge in [-0.3, -0.25) is 11.3 Å². The fourth-order valence-electron chi connectivity index (χ4n) is 0.645. The summed E-state index contributed by atoms with van der Waals surface area (Å²) in [6.07, 6.45) is -5.08. The van der Waals surface area contributed by atoms with Gasteiger partial charge in [-0.25, -0.2) is 4.79 Å². The van der Waals surface area contributed by atoms with Crippen LogP contribution in [0.1, 0.15) is 10.4 Å². The molecule has 0 aromatic carbocycles. The van der Waals surface area contributed by atoms with Gasteiger partial charge in [-0.15, -0.1) is 11.3 Å². The van der Waals surface area contributed by atoms with Crippen molar-refractivity contribution < 1.29 is 23.1 Å². The Labute approximate surface area is 98.2 Å². The van der Waals surface area contributed by atoms with Crippen LogP contribution in [0.15, 0.2) is 11.4 Å². The van der Waals surface area contributed by atoms with Gasteiger partial charge >= 0.3 is 12.1 Å². The number of nitriles is 1. The van der Waals surface area contributed by atoms with Gasteiger partial charge in [0.2, 0.25) is 0 Å². The number of carbonyl (C=O) groups is 1. The summed E-state index contributed by atoms with van der Waals surface area (Å²) >= 11 is 1.43. The van der Waals surface area contributed by atoms with Gasteiger partial charge < -0.3 is 5.11 Å². The third kappa shape index (κ3) is 6.52. The molecule has 0 bridgehead atoms. The smallest absolute Gasteiger partial charge is 0.475 e. The molecule has 0 radical (unpaired) electrons. The number of thiophene rings is 1. The largest absolute Gasteiger partial charge is 0.490 e. The number of alkyl halides is 3. The van der Waals surface area contributed by atoms with Crippen molar-refractivity contribution in [2.24, 2.45) is 5.84 Å². The van der Waals surface area contributed by atoms with Gasteiger partial charge in [0, 0.05) is 6.54 Å². The topological polar surface area (TPSA) is 99.1 Å². The number of carboxylic acid groups (broad SMARTS) is 1. The molecule has 17 heavy (non-hydrogen) atoms. The first kappa shape index (κ1) is 15.4. The number of nitrogens with two attached hydrogens (primary N) is 1. The van der Waals surface area contributed by atoms with Crippen LogP contribution in [-0.4, -0.2) is 17.3 Å². The highest BCUT2D eigenvalue weighted by molar-refractivity contribution is 7.10. The molecule has 0 spiro atoms. The second-order valence-electron chi connectivity index (χ2n) is 2.61. The highest BCUT2D eigenvalue weighted by atomic mass is 32.1. The SMILES string of the molecule is N#Cc1cc(CNN)cs1.O=C(O)C(F)(F)F. The van der Waals surface area contributed by atoms with Crippen molar-refractivity contribution in [3.8, 4) is 6.07 Å². The molecule has 0 fully saturated rings. The molecule has 1 aromatic heterocycles. The fraction of sp³-hybridized carbons (Fsp3) is 0.250. The maximum atomic E-state index is 10.6. The van der Waals surface area contributed by atoms with Gasteiger partial charge in [-0.2, -0.15) is 18.4 Å². The Balaban J connectivity index is 0.000000325. The van der Waals surface area contributed by atoms with Gasteiger partial charge in [0.1, 0.15) is 10.9 Å². The third-order valence-corrected chi connectivity index (χ3v) is 2.20. The zero-order chi connectivity index (χ0) is 13.5. The number of aliphatic carboxylic acids is 1. The highest BCUT2D eigenvalue weighted by Gasteiger charge is 2.38. The quantitative estimate of drug-likeness (QED) is 0.552. The van der Waals surface area contributed by atoms with Crippen molar-refractivity contribution in [2.45, 2.75) is 12.7 Å². The summed E-state index contributed by atoms with van der Waals surface area (Å²) in [6.45, 7) is 0.623. The van der Waals surface area contributed by atoms with Crippen LogP contribution in [0.5, 0.6) is 0 Å². The molecule has 1 aromatic rings. The predicted octanol–water partition coefficient (Wildman–Crippen LogP) is 1.22. The summed E-state index contributed by atoms with van der Waals surface area (Å²) in [5.41, 5.74) is 3.58. The Morgan fingerprint density at radius 3 is 2.47 bits per heavy atom. The fourth-order valence-corrected chi connectivity index (χ4v) is 1.35. The predicted molar refractivity (Wildman–Crippen MR) is 53.8 cm³/mol. The Kier molecular flexibility index (Phi) is 6.19. The Hall–Kier alpha value is -1.63. The molecule has 1 rings (SSSR count). The van der Waals surface area contributed by atoms with Crippen LogP contribution in [-0.2, 0) is 11.3 Å². The third-order valence-electron chi connectivity index (χ3n) is 1.31. The van der Waals surface area contributed by atoms with Crippen LogP contribution in [0.4, 0.5) is 13.2 Å². The number of halogens is 3. The molecular weight excluding hydrogens is 259 g/mol. The molecule has 0 saturated heterocycles. The van der Waals surface area contributed by atoms with E-state index in [2.05, 4.69) is 11.5 Å². The monoisotopic (exact) mass is 267 g/mol. The standard InChI is InChI=1S/C6H7N3S.C2HF3O2/c7-2-6-1-5(3-9-8)4-10-6;3-2(4,5)1(6)7/h1,4,9H,3,8H2;(H,6,7). The van der Waals surface area contributed by atoms with Crippen LogP contribution < -0.4 is 11.3 Å². The minimum absolute atomic E-state index is 0.623. The van der Waals surface area contributed by atoms with E-state index < -0.39 is 12.1 Å². The average molecular weight is 267 g/mol. The molecule has 1 heterocycles. The maximum absolute atomic E-state index is 10.6. The summed E-state index contributed by atoms with van der Waals surface area (Å²) in [7, 11) is 0. The van der Waals surface area contributed by atoms with Crippen molar-refractivity contribution in [1.29, 1.82) is 5.26 Å². The number of hydrogen-bond acceptors (Lipinski definition) is 5. The van der Waals surface area contributed by atoms with Crippen molar-refractivity contribution in [3.05, 3.63) is 21.9 Å². The molecule has 94 valence electrons. The molecule has 0 aliphatic rings. The molecule has 0 aliphatic heterocycles. The number of nitrogens with one attached hydrogen (secondary N) is 1. The number of rotatable bonds is 2. The first-order valence-electron chi connectivity index (χ1n) is 4.02. The van der Waals surface area contributed by atoms with Crippen molar-refractivity contribution in [3.63, 3.8) is 0 Å². The molecule has 0 aliphatic carbocycles. The van der Waals surface area contributed by atoms with Crippen LogP contribution >= 0.6 is 11.3 Å². The average Bonchev–Trinajstić information content (AvgIpc) is 2.66. The molecule has 4 N–H and O–H groups in total. The zero-order valence-corrected chi connectivity index (χ0v) is 9.10. The van der Waals surface area contributed by atoms with E-state index >= 15 is 0 Å². The summed E-state index contributed by atoms with van der Waals surface area (Å²) in [6, 6.07) is 3.88. The lowest BCUT2D eigenvalue weighted by atomic mass is 10.3. The molecule has 0 unspecified atom stereocenters. The van der Waals surface area contributed by atoms with E-state index in [0.717, 1.165) is 10.4 Å². The normalized spacial score (nSPS) is 10.1. The van der Waals surface area contributed by atoms with Crippen molar-refractivity contribution in [1.82, 2.24) is 5.43 Å². The van der Waals surface area contributed by atoms with Gasteiger partial charge in [0.15, 0.2) is 0 Å². The first-order chi connectivity index (χ1) is 7.81. The van der Waals surface area contributed by atoms with Gasteiger partial charge in [-0.1, -0.05) is 0 Å². The summed E-state index contributed by atoms with van der Waals surface area (Å²) < 4.78 is 31.7. The van der Waals surface area contributed by atoms with Crippen molar-refractivity contribution >= 4 is 17.3 Å². The minimum Gasteiger partial charge on any atom is -0.475 e. The van der Waals surface area contributed by atoms with E-state index in [1.54, 1.807) is 0 Å². The van der Waals surface area contributed by atoms with E-state index in [-0.39, 0.29) is 0 Å². The van der Waals surface area contributed by atoms with Gasteiger partial charge in [-0.05, 0) is 17.0 Å². The van der Waals surface area contributed by atoms with E-state index in [0.29, 0.717) is 6.54 Å². The van der Waals surface area contributed by atoms with Crippen LogP contribution in [0.2, 0.25) is 0 Å². The molecule has 0 saturated carbocycles. The van der Waals surface area contributed by atoms with Crippen LogP contribution in [0.25, 0.3) is 0 Å². The maximum Gasteiger partial charge on any atom is 0.490 e. The lowest BCUT2D eigenvalue weighted by Crippen LogP contribution is -2.21. The lowest BCUT2D eigenvalue weighted by molar-refractivity contribution is -0.192. The molecule has 0 amide bonds. The summed E-state index contributed by atoms with van der Waals surface area (Å²) in [5, 5.41) is 17.5. The summed E-state index contributed by atoms with van der Waals surface area (Å²) in [5.74, 6) is 2.33. The Morgan fingerprint density at radius 1 is 1.65 bits per heavy atom. The zero-order valence-electron chi connectivity index (χ0n) is 8.28. The minimum atomic E-state index is -5.08. The Morgan fingerprint density at radius 2 is 2.18 bits per heavy atom. The highest BCUT2D eigenvalue weighted by Crippen LogP contribution is 2.13. The molecule has 9 heteroatoms. The van der Waals surface area contributed by atoms with Gasteiger partial charge in [0.25, 0.3) is 0 Å². The van der Waals surface area contributed by atoms with Crippen molar-refractivity contribution in [2.75, 3.05) is 0 Å². The Bertz CT molecular complexity index is 411. The number of nitrogens with zero attached hydrogens (tertiary/aromatic N) is 1. The molecular formula is C8H8F3N3O2S. The first-order valence-corrected chi connectivity index (χ1v) is 4.90. The number of hydrazine groups is 1. The molecule has 5 nitrogen and oxygen atoms in total.